The van der Waals surface area contributed by atoms with E-state index in [4.69, 9.17) is 27.9 Å². The molecule has 0 radical (unpaired) electrons. The van der Waals surface area contributed by atoms with E-state index in [-0.39, 0.29) is 5.69 Å². The van der Waals surface area contributed by atoms with Crippen LogP contribution in [-0.4, -0.2) is 22.0 Å². The van der Waals surface area contributed by atoms with Crippen molar-refractivity contribution in [2.75, 3.05) is 6.61 Å². The van der Waals surface area contributed by atoms with Crippen molar-refractivity contribution >= 4 is 45.5 Å². The maximum absolute atomic E-state index is 11.7. The molecule has 0 bridgehead atoms. The van der Waals surface area contributed by atoms with Crippen LogP contribution >= 0.6 is 34.5 Å². The van der Waals surface area contributed by atoms with E-state index in [2.05, 4.69) is 4.98 Å². The molecule has 3 rings (SSSR count). The highest BCUT2D eigenvalue weighted by Crippen LogP contribution is 2.47. The van der Waals surface area contributed by atoms with Gasteiger partial charge in [0.2, 0.25) is 0 Å². The number of carbonyl (C=O) groups excluding carboxylic acids is 1. The van der Waals surface area contributed by atoms with E-state index in [0.717, 1.165) is 18.5 Å². The molecule has 0 unspecified atom stereocenters. The normalized spacial score (nSPS) is 15.3. The molecular weight excluding hydrogens is 295 g/mol. The van der Waals surface area contributed by atoms with Crippen LogP contribution in [0.4, 0.5) is 0 Å². The number of thiazole rings is 1. The quantitative estimate of drug-likeness (QED) is 0.811. The molecule has 0 atom stereocenters. The molecule has 0 amide bonds. The summed E-state index contributed by atoms with van der Waals surface area (Å²) in [4.78, 5) is 16.6. The minimum absolute atomic E-state index is 0.170. The lowest BCUT2D eigenvalue weighted by molar-refractivity contribution is 0.0520. The van der Waals surface area contributed by atoms with Gasteiger partial charge in [0.15, 0.2) is 10.7 Å². The first kappa shape index (κ1) is 12.3. The fraction of sp³-hybridized carbons (Fsp3) is 0.455. The summed E-state index contributed by atoms with van der Waals surface area (Å²) < 4.78 is 7.41. The SMILES string of the molecule is CCOC(=O)c1nc2sc(Cl)c(C3CC3)n2c1Cl. The zero-order chi connectivity index (χ0) is 12.9. The molecule has 0 saturated heterocycles. The van der Waals surface area contributed by atoms with Crippen LogP contribution < -0.4 is 0 Å². The van der Waals surface area contributed by atoms with Crippen LogP contribution in [0.2, 0.25) is 9.49 Å². The van der Waals surface area contributed by atoms with E-state index < -0.39 is 5.97 Å². The Labute approximate surface area is 117 Å². The molecule has 0 aromatic carbocycles. The Bertz CT molecular complexity index is 631. The van der Waals surface area contributed by atoms with Crippen LogP contribution in [0.1, 0.15) is 41.9 Å². The Kier molecular flexibility index (Phi) is 3.00. The third-order valence-corrected chi connectivity index (χ3v) is 4.46. The molecular formula is C11H10Cl2N2O2S. The number of nitrogens with zero attached hydrogens (tertiary/aromatic N) is 2. The highest BCUT2D eigenvalue weighted by Gasteiger charge is 2.33. The third-order valence-electron chi connectivity index (χ3n) is 2.85. The van der Waals surface area contributed by atoms with Crippen LogP contribution in [0, 0.1) is 0 Å². The highest BCUT2D eigenvalue weighted by molar-refractivity contribution is 7.21. The van der Waals surface area contributed by atoms with E-state index in [1.807, 2.05) is 0 Å². The molecule has 4 nitrogen and oxygen atoms in total. The van der Waals surface area contributed by atoms with Crippen molar-refractivity contribution in [3.63, 3.8) is 0 Å². The zero-order valence-electron chi connectivity index (χ0n) is 9.57. The van der Waals surface area contributed by atoms with Gasteiger partial charge < -0.3 is 4.74 Å². The van der Waals surface area contributed by atoms with Crippen molar-refractivity contribution in [1.29, 1.82) is 0 Å². The third kappa shape index (κ3) is 1.81. The van der Waals surface area contributed by atoms with Crippen molar-refractivity contribution in [2.45, 2.75) is 25.7 Å². The Morgan fingerprint density at radius 1 is 1.56 bits per heavy atom. The van der Waals surface area contributed by atoms with Crippen molar-refractivity contribution < 1.29 is 9.53 Å². The standard InChI is InChI=1S/C11H10Cl2N2O2S/c1-2-17-10(16)6-8(12)15-7(5-3-4-5)9(13)18-11(15)14-6/h5H,2-4H2,1H3. The summed E-state index contributed by atoms with van der Waals surface area (Å²) in [5.41, 5.74) is 1.15. The number of rotatable bonds is 3. The van der Waals surface area contributed by atoms with Crippen LogP contribution in [-0.2, 0) is 4.74 Å². The molecule has 96 valence electrons. The number of halogens is 2. The molecule has 7 heteroatoms. The van der Waals surface area contributed by atoms with E-state index in [1.54, 1.807) is 11.3 Å². The lowest BCUT2D eigenvalue weighted by Crippen LogP contribution is -2.06. The molecule has 0 spiro atoms. The monoisotopic (exact) mass is 304 g/mol. The summed E-state index contributed by atoms with van der Waals surface area (Å²) in [6, 6.07) is 0. The molecule has 2 aromatic heterocycles. The van der Waals surface area contributed by atoms with E-state index >= 15 is 0 Å². The maximum atomic E-state index is 11.7. The van der Waals surface area contributed by atoms with Crippen molar-refractivity contribution in [3.05, 3.63) is 20.9 Å². The second kappa shape index (κ2) is 4.40. The Balaban J connectivity index is 2.14. The topological polar surface area (TPSA) is 43.6 Å². The van der Waals surface area contributed by atoms with Gasteiger partial charge >= 0.3 is 5.97 Å². The minimum Gasteiger partial charge on any atom is -0.461 e. The first-order valence-corrected chi connectivity index (χ1v) is 7.24. The second-order valence-corrected chi connectivity index (χ2v) is 6.06. The van der Waals surface area contributed by atoms with Crippen molar-refractivity contribution in [2.24, 2.45) is 0 Å². The fourth-order valence-electron chi connectivity index (χ4n) is 1.91. The minimum atomic E-state index is -0.490. The highest BCUT2D eigenvalue weighted by atomic mass is 35.5. The predicted octanol–water partition coefficient (Wildman–Crippen LogP) is 3.76. The Morgan fingerprint density at radius 2 is 2.28 bits per heavy atom. The lowest BCUT2D eigenvalue weighted by atomic mass is 10.3. The summed E-state index contributed by atoms with van der Waals surface area (Å²) in [6.45, 7) is 2.05. The van der Waals surface area contributed by atoms with Crippen LogP contribution in [0.3, 0.4) is 0 Å². The first-order valence-electron chi connectivity index (χ1n) is 5.66. The predicted molar refractivity (Wildman–Crippen MR) is 71.0 cm³/mol. The molecule has 18 heavy (non-hydrogen) atoms. The van der Waals surface area contributed by atoms with Gasteiger partial charge in [-0.1, -0.05) is 34.5 Å². The number of hydrogen-bond donors (Lipinski definition) is 0. The number of hydrogen-bond acceptors (Lipinski definition) is 4. The van der Waals surface area contributed by atoms with Gasteiger partial charge in [0.25, 0.3) is 0 Å². The number of imidazole rings is 1. The van der Waals surface area contributed by atoms with Crippen LogP contribution in [0.15, 0.2) is 0 Å². The molecule has 1 aliphatic rings. The average Bonchev–Trinajstić information content (AvgIpc) is 3.03. The smallest absolute Gasteiger partial charge is 0.360 e. The number of fused-ring (bicyclic) bond motifs is 1. The van der Waals surface area contributed by atoms with Gasteiger partial charge in [-0.25, -0.2) is 9.78 Å². The molecule has 1 fully saturated rings. The van der Waals surface area contributed by atoms with Gasteiger partial charge in [-0.05, 0) is 19.8 Å². The summed E-state index contributed by atoms with van der Waals surface area (Å²) in [7, 11) is 0. The molecule has 1 saturated carbocycles. The molecule has 2 aromatic rings. The lowest BCUT2D eigenvalue weighted by Gasteiger charge is -2.00. The number of esters is 1. The molecule has 0 N–H and O–H groups in total. The summed E-state index contributed by atoms with van der Waals surface area (Å²) >= 11 is 13.8. The fourth-order valence-corrected chi connectivity index (χ4v) is 3.64. The number of carbonyl (C=O) groups is 1. The van der Waals surface area contributed by atoms with Crippen LogP contribution in [0.25, 0.3) is 4.96 Å². The van der Waals surface area contributed by atoms with Crippen molar-refractivity contribution in [3.8, 4) is 0 Å². The molecule has 1 aliphatic carbocycles. The van der Waals surface area contributed by atoms with Crippen LogP contribution in [0.5, 0.6) is 0 Å². The maximum Gasteiger partial charge on any atom is 0.360 e. The van der Waals surface area contributed by atoms with E-state index in [1.165, 1.54) is 11.3 Å². The zero-order valence-corrected chi connectivity index (χ0v) is 11.9. The first-order chi connectivity index (χ1) is 8.63. The van der Waals surface area contributed by atoms with E-state index in [0.29, 0.717) is 27.0 Å². The van der Waals surface area contributed by atoms with Gasteiger partial charge in [-0.2, -0.15) is 0 Å². The Hall–Kier alpha value is -0.780. The van der Waals surface area contributed by atoms with Gasteiger partial charge in [-0.3, -0.25) is 4.40 Å². The average molecular weight is 305 g/mol. The van der Waals surface area contributed by atoms with Gasteiger partial charge in [0, 0.05) is 5.92 Å². The van der Waals surface area contributed by atoms with Gasteiger partial charge in [0.05, 0.1) is 12.3 Å². The second-order valence-electron chi connectivity index (χ2n) is 4.12. The van der Waals surface area contributed by atoms with Crippen molar-refractivity contribution in [1.82, 2.24) is 9.38 Å². The summed E-state index contributed by atoms with van der Waals surface area (Å²) in [5, 5.41) is 0.300. The van der Waals surface area contributed by atoms with Gasteiger partial charge in [0.1, 0.15) is 9.49 Å². The number of aromatic nitrogens is 2. The van der Waals surface area contributed by atoms with E-state index in [9.17, 15) is 4.79 Å². The Morgan fingerprint density at radius 3 is 2.89 bits per heavy atom. The molecule has 2 heterocycles. The largest absolute Gasteiger partial charge is 0.461 e. The molecule has 0 aliphatic heterocycles. The number of ether oxygens (including phenoxy) is 1. The summed E-state index contributed by atoms with van der Waals surface area (Å²) in [5.74, 6) is -0.0516. The summed E-state index contributed by atoms with van der Waals surface area (Å²) in [6.07, 6.45) is 2.21. The van der Waals surface area contributed by atoms with Gasteiger partial charge in [-0.15, -0.1) is 0 Å².